The van der Waals surface area contributed by atoms with Crippen LogP contribution >= 0.6 is 0 Å². The molecule has 0 aromatic carbocycles. The van der Waals surface area contributed by atoms with E-state index in [0.717, 1.165) is 12.0 Å². The summed E-state index contributed by atoms with van der Waals surface area (Å²) in [5.74, 6) is 0.943. The topological polar surface area (TPSA) is 24.1 Å². The first kappa shape index (κ1) is 5.69. The van der Waals surface area contributed by atoms with E-state index in [-0.39, 0.29) is 0 Å². The van der Waals surface area contributed by atoms with Gasteiger partial charge in [0.15, 0.2) is 0 Å². The lowest BCUT2D eigenvalue weighted by Crippen LogP contribution is -2.40. The first-order valence-corrected chi connectivity index (χ1v) is 3.91. The molecular weight excluding hydrogens is 112 g/mol. The Labute approximate surface area is 56.0 Å². The minimum Gasteiger partial charge on any atom is -0.315 e. The quantitative estimate of drug-likeness (QED) is 0.476. The zero-order valence-corrected chi connectivity index (χ0v) is 5.69. The molecule has 0 bridgehead atoms. The van der Waals surface area contributed by atoms with Gasteiger partial charge in [-0.1, -0.05) is 0 Å². The molecule has 2 saturated heterocycles. The average molecular weight is 126 g/mol. The molecule has 0 radical (unpaired) electrons. The SMILES string of the molecule is C1CN[C@H]2CNC[C@H]2C1. The van der Waals surface area contributed by atoms with E-state index in [1.54, 1.807) is 0 Å². The maximum atomic E-state index is 3.52. The van der Waals surface area contributed by atoms with Gasteiger partial charge in [-0.3, -0.25) is 0 Å². The second kappa shape index (κ2) is 2.27. The summed E-state index contributed by atoms with van der Waals surface area (Å²) in [6.45, 7) is 3.69. The third kappa shape index (κ3) is 0.970. The van der Waals surface area contributed by atoms with Crippen LogP contribution in [0.15, 0.2) is 0 Å². The zero-order valence-electron chi connectivity index (χ0n) is 5.69. The highest BCUT2D eigenvalue weighted by Crippen LogP contribution is 2.18. The number of piperidine rings is 1. The molecule has 2 heterocycles. The van der Waals surface area contributed by atoms with E-state index in [1.807, 2.05) is 0 Å². The van der Waals surface area contributed by atoms with Gasteiger partial charge in [0.2, 0.25) is 0 Å². The molecule has 2 aliphatic heterocycles. The summed E-state index contributed by atoms with van der Waals surface area (Å²) >= 11 is 0. The van der Waals surface area contributed by atoms with E-state index in [2.05, 4.69) is 10.6 Å². The van der Waals surface area contributed by atoms with Gasteiger partial charge in [0.25, 0.3) is 0 Å². The Bertz CT molecular complexity index is 91.1. The van der Waals surface area contributed by atoms with Gasteiger partial charge in [0, 0.05) is 12.6 Å². The van der Waals surface area contributed by atoms with Crippen LogP contribution in [-0.4, -0.2) is 25.7 Å². The van der Waals surface area contributed by atoms with Gasteiger partial charge in [-0.15, -0.1) is 0 Å². The Morgan fingerprint density at radius 2 is 2.22 bits per heavy atom. The summed E-state index contributed by atoms with van der Waals surface area (Å²) in [5, 5.41) is 6.92. The molecule has 0 amide bonds. The highest BCUT2D eigenvalue weighted by Gasteiger charge is 2.28. The fraction of sp³-hybridized carbons (Fsp3) is 1.00. The van der Waals surface area contributed by atoms with Crippen LogP contribution in [0.3, 0.4) is 0 Å². The Balaban J connectivity index is 1.97. The fourth-order valence-corrected chi connectivity index (χ4v) is 1.93. The normalized spacial score (nSPS) is 42.7. The molecule has 0 saturated carbocycles. The fourth-order valence-electron chi connectivity index (χ4n) is 1.93. The van der Waals surface area contributed by atoms with E-state index in [4.69, 9.17) is 0 Å². The van der Waals surface area contributed by atoms with E-state index >= 15 is 0 Å². The molecule has 0 aromatic heterocycles. The maximum Gasteiger partial charge on any atom is 0.0232 e. The molecule has 0 spiro atoms. The van der Waals surface area contributed by atoms with Crippen molar-refractivity contribution in [1.82, 2.24) is 10.6 Å². The van der Waals surface area contributed by atoms with Crippen molar-refractivity contribution < 1.29 is 0 Å². The second-order valence-electron chi connectivity index (χ2n) is 3.12. The molecule has 9 heavy (non-hydrogen) atoms. The largest absolute Gasteiger partial charge is 0.315 e. The Hall–Kier alpha value is -0.0800. The smallest absolute Gasteiger partial charge is 0.0232 e. The van der Waals surface area contributed by atoms with Crippen molar-refractivity contribution in [3.8, 4) is 0 Å². The van der Waals surface area contributed by atoms with Crippen LogP contribution in [-0.2, 0) is 0 Å². The lowest BCUT2D eigenvalue weighted by atomic mass is 9.94. The van der Waals surface area contributed by atoms with Crippen LogP contribution in [0.25, 0.3) is 0 Å². The van der Waals surface area contributed by atoms with Crippen LogP contribution in [0.4, 0.5) is 0 Å². The monoisotopic (exact) mass is 126 g/mol. The van der Waals surface area contributed by atoms with E-state index in [1.165, 1.54) is 32.5 Å². The minimum atomic E-state index is 0.804. The number of nitrogens with one attached hydrogen (secondary N) is 2. The first-order valence-electron chi connectivity index (χ1n) is 3.91. The summed E-state index contributed by atoms with van der Waals surface area (Å²) in [6, 6.07) is 0.804. The highest BCUT2D eigenvalue weighted by molar-refractivity contribution is 4.89. The predicted molar refractivity (Wildman–Crippen MR) is 37.4 cm³/mol. The molecule has 0 unspecified atom stereocenters. The molecular formula is C7H14N2. The minimum absolute atomic E-state index is 0.804. The summed E-state index contributed by atoms with van der Waals surface area (Å²) in [7, 11) is 0. The van der Waals surface area contributed by atoms with E-state index < -0.39 is 0 Å². The van der Waals surface area contributed by atoms with Gasteiger partial charge in [-0.2, -0.15) is 0 Å². The lowest BCUT2D eigenvalue weighted by Gasteiger charge is -2.24. The van der Waals surface area contributed by atoms with Gasteiger partial charge < -0.3 is 10.6 Å². The highest BCUT2D eigenvalue weighted by atomic mass is 15.0. The van der Waals surface area contributed by atoms with Gasteiger partial charge in [-0.05, 0) is 31.8 Å². The summed E-state index contributed by atoms with van der Waals surface area (Å²) in [4.78, 5) is 0. The summed E-state index contributed by atoms with van der Waals surface area (Å²) in [5.41, 5.74) is 0. The number of hydrogen-bond acceptors (Lipinski definition) is 2. The molecule has 2 aliphatic rings. The van der Waals surface area contributed by atoms with Crippen molar-refractivity contribution in [2.75, 3.05) is 19.6 Å². The molecule has 0 aromatic rings. The van der Waals surface area contributed by atoms with Crippen molar-refractivity contribution in [3.63, 3.8) is 0 Å². The summed E-state index contributed by atoms with van der Waals surface area (Å²) < 4.78 is 0. The van der Waals surface area contributed by atoms with Crippen molar-refractivity contribution in [1.29, 1.82) is 0 Å². The molecule has 2 fully saturated rings. The third-order valence-corrected chi connectivity index (χ3v) is 2.50. The van der Waals surface area contributed by atoms with Crippen LogP contribution in [0.2, 0.25) is 0 Å². The standard InChI is InChI=1S/C7H14N2/c1-2-6-4-8-5-7(6)9-3-1/h6-9H,1-5H2/t6-,7+/m1/s1. The van der Waals surface area contributed by atoms with Crippen molar-refractivity contribution >= 4 is 0 Å². The van der Waals surface area contributed by atoms with Gasteiger partial charge in [0.05, 0.1) is 0 Å². The molecule has 2 atom stereocenters. The van der Waals surface area contributed by atoms with E-state index in [9.17, 15) is 0 Å². The van der Waals surface area contributed by atoms with Crippen LogP contribution in [0.1, 0.15) is 12.8 Å². The molecule has 2 heteroatoms. The molecule has 0 aliphatic carbocycles. The maximum absolute atomic E-state index is 3.52. The Morgan fingerprint density at radius 1 is 1.22 bits per heavy atom. The predicted octanol–water partition coefficient (Wildman–Crippen LogP) is -0.0422. The average Bonchev–Trinajstić information content (AvgIpc) is 2.33. The van der Waals surface area contributed by atoms with Gasteiger partial charge >= 0.3 is 0 Å². The van der Waals surface area contributed by atoms with E-state index in [0.29, 0.717) is 0 Å². The number of fused-ring (bicyclic) bond motifs is 1. The molecule has 2 N–H and O–H groups in total. The number of rotatable bonds is 0. The van der Waals surface area contributed by atoms with Crippen molar-refractivity contribution in [2.45, 2.75) is 18.9 Å². The van der Waals surface area contributed by atoms with Crippen molar-refractivity contribution in [2.24, 2.45) is 5.92 Å². The first-order chi connectivity index (χ1) is 4.47. The Morgan fingerprint density at radius 3 is 3.11 bits per heavy atom. The van der Waals surface area contributed by atoms with Crippen LogP contribution in [0.5, 0.6) is 0 Å². The summed E-state index contributed by atoms with van der Waals surface area (Å²) in [6.07, 6.45) is 2.81. The van der Waals surface area contributed by atoms with Crippen molar-refractivity contribution in [3.05, 3.63) is 0 Å². The Kier molecular flexibility index (Phi) is 1.44. The van der Waals surface area contributed by atoms with Gasteiger partial charge in [0.1, 0.15) is 0 Å². The third-order valence-electron chi connectivity index (χ3n) is 2.50. The molecule has 2 nitrogen and oxygen atoms in total. The zero-order chi connectivity index (χ0) is 6.10. The lowest BCUT2D eigenvalue weighted by molar-refractivity contribution is 0.339. The van der Waals surface area contributed by atoms with Crippen LogP contribution < -0.4 is 10.6 Å². The molecule has 2 rings (SSSR count). The van der Waals surface area contributed by atoms with Crippen LogP contribution in [0, 0.1) is 5.92 Å². The molecule has 52 valence electrons. The second-order valence-corrected chi connectivity index (χ2v) is 3.12. The number of hydrogen-bond donors (Lipinski definition) is 2. The van der Waals surface area contributed by atoms with Gasteiger partial charge in [-0.25, -0.2) is 0 Å².